The molecule has 1 saturated carbocycles. The summed E-state index contributed by atoms with van der Waals surface area (Å²) >= 11 is 4.88. The molecule has 0 radical (unpaired) electrons. The Morgan fingerprint density at radius 1 is 1.25 bits per heavy atom. The lowest BCUT2D eigenvalue weighted by Crippen LogP contribution is -2.28. The first-order chi connectivity index (χ1) is 9.65. The number of carbonyl (C=O) groups is 2. The van der Waals surface area contributed by atoms with Crippen molar-refractivity contribution in [3.05, 3.63) is 32.9 Å². The van der Waals surface area contributed by atoms with Gasteiger partial charge in [-0.2, -0.15) is 10.1 Å². The lowest BCUT2D eigenvalue weighted by atomic mass is 9.85. The number of allylic oxidation sites excluding steroid dienone is 2. The average Bonchev–Trinajstić information content (AvgIpc) is 3.15. The van der Waals surface area contributed by atoms with Crippen LogP contribution in [0.1, 0.15) is 11.3 Å². The molecule has 2 fully saturated rings. The van der Waals surface area contributed by atoms with E-state index in [2.05, 4.69) is 33.2 Å². The van der Waals surface area contributed by atoms with E-state index in [0.717, 1.165) is 20.8 Å². The van der Waals surface area contributed by atoms with Crippen molar-refractivity contribution in [3.63, 3.8) is 0 Å². The molecule has 2 bridgehead atoms. The number of fused-ring (bicyclic) bond motifs is 5. The molecular weight excluding hydrogens is 340 g/mol. The Bertz CT molecular complexity index is 636. The number of imide groups is 1. The van der Waals surface area contributed by atoms with Crippen LogP contribution in [-0.2, 0) is 9.59 Å². The van der Waals surface area contributed by atoms with Crippen LogP contribution >= 0.6 is 27.3 Å². The van der Waals surface area contributed by atoms with Gasteiger partial charge >= 0.3 is 0 Å². The molecule has 0 aromatic carbocycles. The summed E-state index contributed by atoms with van der Waals surface area (Å²) in [5.41, 5.74) is 0. The molecule has 3 aliphatic rings. The highest BCUT2D eigenvalue weighted by Crippen LogP contribution is 2.52. The molecule has 4 rings (SSSR count). The van der Waals surface area contributed by atoms with Crippen molar-refractivity contribution in [2.45, 2.75) is 6.42 Å². The van der Waals surface area contributed by atoms with E-state index in [0.29, 0.717) is 0 Å². The van der Waals surface area contributed by atoms with Crippen LogP contribution in [0, 0.1) is 23.7 Å². The van der Waals surface area contributed by atoms with Crippen LogP contribution in [0.3, 0.4) is 0 Å². The second-order valence-corrected chi connectivity index (χ2v) is 7.26. The summed E-state index contributed by atoms with van der Waals surface area (Å²) in [6.07, 6.45) is 6.70. The van der Waals surface area contributed by atoms with Gasteiger partial charge in [0, 0.05) is 14.7 Å². The highest BCUT2D eigenvalue weighted by molar-refractivity contribution is 9.10. The Hall–Kier alpha value is -1.27. The molecule has 6 heteroatoms. The van der Waals surface area contributed by atoms with Crippen molar-refractivity contribution in [3.8, 4) is 0 Å². The third kappa shape index (κ3) is 1.67. The molecule has 1 aliphatic heterocycles. The molecule has 4 unspecified atom stereocenters. The Labute approximate surface area is 128 Å². The molecular formula is C14H11BrN2O2S. The third-order valence-electron chi connectivity index (χ3n) is 4.34. The first-order valence-corrected chi connectivity index (χ1v) is 8.16. The second-order valence-electron chi connectivity index (χ2n) is 5.40. The van der Waals surface area contributed by atoms with Gasteiger partial charge < -0.3 is 0 Å². The van der Waals surface area contributed by atoms with Crippen molar-refractivity contribution in [2.24, 2.45) is 28.8 Å². The molecule has 4 nitrogen and oxygen atoms in total. The SMILES string of the molecule is O=C1C2C3C=CC(C3)C2C(=O)N1N=Cc1cc(Br)cs1. The lowest BCUT2D eigenvalue weighted by Gasteiger charge is -2.13. The number of halogens is 1. The zero-order chi connectivity index (χ0) is 13.9. The molecule has 2 aliphatic carbocycles. The monoisotopic (exact) mass is 350 g/mol. The minimum Gasteiger partial charge on any atom is -0.272 e. The topological polar surface area (TPSA) is 49.7 Å². The van der Waals surface area contributed by atoms with Crippen LogP contribution in [0.15, 0.2) is 33.2 Å². The maximum absolute atomic E-state index is 12.4. The van der Waals surface area contributed by atoms with Crippen LogP contribution in [0.4, 0.5) is 0 Å². The Morgan fingerprint density at radius 2 is 1.90 bits per heavy atom. The van der Waals surface area contributed by atoms with Crippen molar-refractivity contribution in [1.29, 1.82) is 0 Å². The van der Waals surface area contributed by atoms with E-state index >= 15 is 0 Å². The van der Waals surface area contributed by atoms with Gasteiger partial charge in [-0.3, -0.25) is 9.59 Å². The normalized spacial score (nSPS) is 34.8. The minimum atomic E-state index is -0.176. The number of thiophene rings is 1. The Kier molecular flexibility index (Phi) is 2.72. The number of rotatable bonds is 2. The smallest absolute Gasteiger partial charge is 0.254 e. The number of amides is 2. The van der Waals surface area contributed by atoms with Crippen molar-refractivity contribution in [2.75, 3.05) is 0 Å². The number of hydrazone groups is 1. The van der Waals surface area contributed by atoms with Crippen molar-refractivity contribution >= 4 is 45.3 Å². The fourth-order valence-electron chi connectivity index (χ4n) is 3.51. The van der Waals surface area contributed by atoms with Gasteiger partial charge in [-0.15, -0.1) is 11.3 Å². The fourth-order valence-corrected chi connectivity index (χ4v) is 4.81. The zero-order valence-electron chi connectivity index (χ0n) is 10.4. The number of nitrogens with zero attached hydrogens (tertiary/aromatic N) is 2. The third-order valence-corrected chi connectivity index (χ3v) is 5.96. The molecule has 102 valence electrons. The van der Waals surface area contributed by atoms with Crippen LogP contribution in [-0.4, -0.2) is 23.0 Å². The van der Waals surface area contributed by atoms with Gasteiger partial charge in [0.15, 0.2) is 0 Å². The van der Waals surface area contributed by atoms with Crippen molar-refractivity contribution in [1.82, 2.24) is 5.01 Å². The van der Waals surface area contributed by atoms with Gasteiger partial charge in [0.2, 0.25) is 0 Å². The molecule has 1 saturated heterocycles. The maximum Gasteiger partial charge on any atom is 0.254 e. The van der Waals surface area contributed by atoms with Gasteiger partial charge in [-0.05, 0) is 40.3 Å². The molecule has 0 N–H and O–H groups in total. The van der Waals surface area contributed by atoms with Gasteiger partial charge in [0.1, 0.15) is 0 Å². The summed E-state index contributed by atoms with van der Waals surface area (Å²) in [5.74, 6) is -0.156. The molecule has 0 spiro atoms. The molecule has 2 heterocycles. The van der Waals surface area contributed by atoms with Gasteiger partial charge in [-0.1, -0.05) is 12.2 Å². The average molecular weight is 351 g/mol. The number of carbonyl (C=O) groups excluding carboxylic acids is 2. The standard InChI is InChI=1S/C14H11BrN2O2S/c15-9-4-10(20-6-9)5-16-17-13(18)11-7-1-2-8(3-7)12(11)14(17)19/h1-2,4-8,11-12H,3H2. The quantitative estimate of drug-likeness (QED) is 0.467. The highest BCUT2D eigenvalue weighted by atomic mass is 79.9. The van der Waals surface area contributed by atoms with Crippen LogP contribution in [0.5, 0.6) is 0 Å². The molecule has 4 atom stereocenters. The van der Waals surface area contributed by atoms with Gasteiger partial charge in [0.25, 0.3) is 11.8 Å². The lowest BCUT2D eigenvalue weighted by molar-refractivity contribution is -0.140. The van der Waals surface area contributed by atoms with Crippen LogP contribution in [0.2, 0.25) is 0 Å². The zero-order valence-corrected chi connectivity index (χ0v) is 12.8. The first kappa shape index (κ1) is 12.5. The fraction of sp³-hybridized carbons (Fsp3) is 0.357. The summed E-state index contributed by atoms with van der Waals surface area (Å²) in [6, 6.07) is 1.91. The van der Waals surface area contributed by atoms with Crippen LogP contribution < -0.4 is 0 Å². The predicted octanol–water partition coefficient (Wildman–Crippen LogP) is 2.65. The molecule has 1 aromatic rings. The summed E-state index contributed by atoms with van der Waals surface area (Å²) < 4.78 is 0.974. The van der Waals surface area contributed by atoms with E-state index in [1.807, 2.05) is 11.4 Å². The summed E-state index contributed by atoms with van der Waals surface area (Å²) in [4.78, 5) is 25.6. The largest absolute Gasteiger partial charge is 0.272 e. The van der Waals surface area contributed by atoms with Gasteiger partial charge in [0.05, 0.1) is 18.1 Å². The second kappa shape index (κ2) is 4.36. The maximum atomic E-state index is 12.4. The summed E-state index contributed by atoms with van der Waals surface area (Å²) in [6.45, 7) is 0. The number of hydrogen-bond acceptors (Lipinski definition) is 4. The van der Waals surface area contributed by atoms with E-state index in [-0.39, 0.29) is 35.5 Å². The Morgan fingerprint density at radius 3 is 2.45 bits per heavy atom. The first-order valence-electron chi connectivity index (χ1n) is 6.49. The van der Waals surface area contributed by atoms with E-state index < -0.39 is 0 Å². The predicted molar refractivity (Wildman–Crippen MR) is 79.2 cm³/mol. The highest BCUT2D eigenvalue weighted by Gasteiger charge is 2.59. The van der Waals surface area contributed by atoms with Crippen LogP contribution in [0.25, 0.3) is 0 Å². The van der Waals surface area contributed by atoms with E-state index in [4.69, 9.17) is 0 Å². The molecule has 20 heavy (non-hydrogen) atoms. The van der Waals surface area contributed by atoms with Gasteiger partial charge in [-0.25, -0.2) is 0 Å². The van der Waals surface area contributed by atoms with E-state index in [1.165, 1.54) is 11.3 Å². The van der Waals surface area contributed by atoms with E-state index in [1.54, 1.807) is 6.21 Å². The molecule has 2 amide bonds. The van der Waals surface area contributed by atoms with E-state index in [9.17, 15) is 9.59 Å². The number of hydrogen-bond donors (Lipinski definition) is 0. The van der Waals surface area contributed by atoms with Crippen molar-refractivity contribution < 1.29 is 9.59 Å². The molecule has 1 aromatic heterocycles. The minimum absolute atomic E-state index is 0.135. The summed E-state index contributed by atoms with van der Waals surface area (Å²) in [5, 5.41) is 7.14. The Balaban J connectivity index is 1.60. The summed E-state index contributed by atoms with van der Waals surface area (Å²) in [7, 11) is 0.